The van der Waals surface area contributed by atoms with Gasteiger partial charge in [-0.05, 0) is 71.6 Å². The van der Waals surface area contributed by atoms with Crippen LogP contribution in [0, 0.1) is 5.92 Å². The topological polar surface area (TPSA) is 238 Å². The van der Waals surface area contributed by atoms with Gasteiger partial charge in [-0.1, -0.05) is 86.7 Å². The van der Waals surface area contributed by atoms with Crippen molar-refractivity contribution in [2.24, 2.45) is 11.7 Å². The minimum atomic E-state index is -1.26. The highest BCUT2D eigenvalue weighted by Gasteiger charge is 2.39. The molecule has 0 bridgehead atoms. The monoisotopic (exact) mass is 849 g/mol. The molecule has 0 aromatic heterocycles. The summed E-state index contributed by atoms with van der Waals surface area (Å²) in [6.45, 7) is 10.6. The normalized spacial score (nSPS) is 16.0. The number of phenolic OH excluding ortho intramolecular Hbond substituents is 1. The molecule has 0 saturated carbocycles. The fraction of sp³-hybridized carbons (Fsp3) is 0.370. The molecule has 16 nitrogen and oxygen atoms in total. The Bertz CT molecular complexity index is 2110. The van der Waals surface area contributed by atoms with Crippen LogP contribution in [0.25, 0.3) is 11.1 Å². The lowest BCUT2D eigenvalue weighted by Crippen LogP contribution is -2.59. The van der Waals surface area contributed by atoms with Crippen LogP contribution in [0.5, 0.6) is 5.75 Å². The SMILES string of the molecule is C=CC[C@H](NC(=O)[C@H](Cc1ccc(O)cc1)NC(=O)C1CCCN1C(=O)[C@H](CC=C)NC(=O)CNC(=O)OCC1c2ccccc2-c2ccccc21)C(=O)N[C@H](C(N)=O)C(C)C. The third-order valence-electron chi connectivity index (χ3n) is 10.9. The highest BCUT2D eigenvalue weighted by molar-refractivity contribution is 5.97. The molecule has 16 heteroatoms. The lowest BCUT2D eigenvalue weighted by Gasteiger charge is -2.30. The average molecular weight is 850 g/mol. The van der Waals surface area contributed by atoms with Gasteiger partial charge in [-0.15, -0.1) is 13.2 Å². The van der Waals surface area contributed by atoms with Crippen LogP contribution in [-0.4, -0.2) is 101 Å². The minimum absolute atomic E-state index is 0.00930. The molecule has 1 heterocycles. The van der Waals surface area contributed by atoms with Crippen molar-refractivity contribution >= 4 is 41.5 Å². The van der Waals surface area contributed by atoms with Crippen LogP contribution in [0.1, 0.15) is 62.1 Å². The van der Waals surface area contributed by atoms with Gasteiger partial charge < -0.3 is 47.1 Å². The van der Waals surface area contributed by atoms with E-state index in [0.717, 1.165) is 22.3 Å². The van der Waals surface area contributed by atoms with Crippen LogP contribution in [0.4, 0.5) is 4.79 Å². The summed E-state index contributed by atoms with van der Waals surface area (Å²) in [4.78, 5) is 94.3. The van der Waals surface area contributed by atoms with E-state index in [1.54, 1.807) is 26.0 Å². The molecule has 0 spiro atoms. The first-order valence-corrected chi connectivity index (χ1v) is 20.6. The summed E-state index contributed by atoms with van der Waals surface area (Å²) >= 11 is 0. The molecule has 1 unspecified atom stereocenters. The Hall–Kier alpha value is -6.97. The number of nitrogens with one attached hydrogen (secondary N) is 5. The number of amides is 7. The number of likely N-dealkylation sites (tertiary alicyclic amines) is 1. The van der Waals surface area contributed by atoms with Crippen molar-refractivity contribution in [1.29, 1.82) is 0 Å². The number of primary amides is 1. The Balaban J connectivity index is 1.21. The molecular weight excluding hydrogens is 795 g/mol. The van der Waals surface area contributed by atoms with Gasteiger partial charge in [0, 0.05) is 18.9 Å². The minimum Gasteiger partial charge on any atom is -0.508 e. The molecule has 1 aliphatic heterocycles. The van der Waals surface area contributed by atoms with Crippen LogP contribution in [0.15, 0.2) is 98.1 Å². The Kier molecular flexibility index (Phi) is 16.0. The molecule has 7 amide bonds. The number of alkyl carbamates (subject to hydrolysis) is 1. The largest absolute Gasteiger partial charge is 0.508 e. The van der Waals surface area contributed by atoms with Crippen molar-refractivity contribution in [3.63, 3.8) is 0 Å². The number of rotatable bonds is 20. The molecule has 0 radical (unpaired) electrons. The third kappa shape index (κ3) is 11.6. The van der Waals surface area contributed by atoms with E-state index in [2.05, 4.69) is 39.7 Å². The zero-order chi connectivity index (χ0) is 44.9. The van der Waals surface area contributed by atoms with Crippen LogP contribution < -0.4 is 32.3 Å². The fourth-order valence-electron chi connectivity index (χ4n) is 7.77. The van der Waals surface area contributed by atoms with Crippen LogP contribution in [-0.2, 0) is 39.9 Å². The molecule has 1 aliphatic carbocycles. The first-order valence-electron chi connectivity index (χ1n) is 20.6. The summed E-state index contributed by atoms with van der Waals surface area (Å²) in [5, 5.41) is 22.9. The van der Waals surface area contributed by atoms with Crippen LogP contribution >= 0.6 is 0 Å². The maximum Gasteiger partial charge on any atom is 0.407 e. The highest BCUT2D eigenvalue weighted by Crippen LogP contribution is 2.44. The van der Waals surface area contributed by atoms with E-state index in [-0.39, 0.29) is 56.4 Å². The second kappa shape index (κ2) is 21.5. The first-order chi connectivity index (χ1) is 29.7. The van der Waals surface area contributed by atoms with Crippen molar-refractivity contribution < 1.29 is 43.4 Å². The zero-order valence-corrected chi connectivity index (χ0v) is 34.9. The molecule has 5 atom stereocenters. The summed E-state index contributed by atoms with van der Waals surface area (Å²) in [7, 11) is 0. The van der Waals surface area contributed by atoms with Gasteiger partial charge in [0.2, 0.25) is 35.4 Å². The molecule has 5 rings (SSSR count). The zero-order valence-electron chi connectivity index (χ0n) is 34.9. The van der Waals surface area contributed by atoms with Crippen LogP contribution in [0.3, 0.4) is 0 Å². The quantitative estimate of drug-likeness (QED) is 0.0827. The number of carbonyl (C=O) groups excluding carboxylic acids is 7. The molecular formula is C46H55N7O9. The van der Waals surface area contributed by atoms with Crippen molar-refractivity contribution in [2.75, 3.05) is 19.7 Å². The van der Waals surface area contributed by atoms with Gasteiger partial charge >= 0.3 is 6.09 Å². The number of aromatic hydroxyl groups is 1. The molecule has 8 N–H and O–H groups in total. The molecule has 3 aromatic carbocycles. The van der Waals surface area contributed by atoms with Crippen molar-refractivity contribution in [3.8, 4) is 16.9 Å². The van der Waals surface area contributed by atoms with E-state index in [1.807, 2.05) is 48.5 Å². The van der Waals surface area contributed by atoms with Gasteiger partial charge in [-0.3, -0.25) is 28.8 Å². The van der Waals surface area contributed by atoms with Gasteiger partial charge in [0.05, 0.1) is 0 Å². The average Bonchev–Trinajstić information content (AvgIpc) is 3.87. The smallest absolute Gasteiger partial charge is 0.407 e. The second-order valence-electron chi connectivity index (χ2n) is 15.7. The molecule has 3 aromatic rings. The number of carbonyl (C=O) groups is 7. The maximum absolute atomic E-state index is 14.0. The highest BCUT2D eigenvalue weighted by atomic mass is 16.5. The van der Waals surface area contributed by atoms with E-state index in [0.29, 0.717) is 12.0 Å². The van der Waals surface area contributed by atoms with Gasteiger partial charge in [-0.2, -0.15) is 0 Å². The predicted molar refractivity (Wildman–Crippen MR) is 231 cm³/mol. The van der Waals surface area contributed by atoms with Gasteiger partial charge in [0.1, 0.15) is 49.1 Å². The molecule has 328 valence electrons. The van der Waals surface area contributed by atoms with Gasteiger partial charge in [-0.25, -0.2) is 4.79 Å². The lowest BCUT2D eigenvalue weighted by molar-refractivity contribution is -0.142. The molecule has 1 fully saturated rings. The molecule has 62 heavy (non-hydrogen) atoms. The second-order valence-corrected chi connectivity index (χ2v) is 15.7. The summed E-state index contributed by atoms with van der Waals surface area (Å²) in [5.74, 6) is -4.55. The summed E-state index contributed by atoms with van der Waals surface area (Å²) in [6.07, 6.45) is 2.73. The Morgan fingerprint density at radius 2 is 1.40 bits per heavy atom. The lowest BCUT2D eigenvalue weighted by atomic mass is 9.98. The maximum atomic E-state index is 14.0. The van der Waals surface area contributed by atoms with Gasteiger partial charge in [0.25, 0.3) is 0 Å². The van der Waals surface area contributed by atoms with Crippen molar-refractivity contribution in [2.45, 2.75) is 82.1 Å². The molecule has 2 aliphatic rings. The van der Waals surface area contributed by atoms with E-state index in [1.165, 1.54) is 29.2 Å². The van der Waals surface area contributed by atoms with E-state index in [9.17, 15) is 38.7 Å². The van der Waals surface area contributed by atoms with Crippen molar-refractivity contribution in [3.05, 3.63) is 115 Å². The number of hydrogen-bond donors (Lipinski definition) is 7. The van der Waals surface area contributed by atoms with Crippen LogP contribution in [0.2, 0.25) is 0 Å². The third-order valence-corrected chi connectivity index (χ3v) is 10.9. The fourth-order valence-corrected chi connectivity index (χ4v) is 7.77. The Morgan fingerprint density at radius 3 is 2.00 bits per heavy atom. The summed E-state index contributed by atoms with van der Waals surface area (Å²) in [6, 6.07) is 16.2. The molecule has 1 saturated heterocycles. The Morgan fingerprint density at radius 1 is 0.806 bits per heavy atom. The van der Waals surface area contributed by atoms with E-state index in [4.69, 9.17) is 10.5 Å². The van der Waals surface area contributed by atoms with E-state index < -0.39 is 78.3 Å². The Labute approximate surface area is 360 Å². The number of benzene rings is 3. The number of nitrogens with two attached hydrogens (primary N) is 1. The number of nitrogens with zero attached hydrogens (tertiary/aromatic N) is 1. The standard InChI is InChI=1S/C46H55N7O9/c1-5-12-35(42(57)52-40(27(3)4)41(47)56)50-43(58)37(24-28-19-21-29(54)22-20-28)51-44(59)38-18-11-23-53(38)45(60)36(13-6-2)49-39(55)25-48-46(61)62-26-34-32-16-9-7-14-30(32)31-15-8-10-17-33(31)34/h5-10,14-17,19-22,27,34-38,40,54H,1-2,11-13,18,23-26H2,3-4H3,(H2,47,56)(H,48,61)(H,49,55)(H,50,58)(H,51,59)(H,52,57)/t35-,36-,37-,38?,40-/m0/s1. The summed E-state index contributed by atoms with van der Waals surface area (Å²) < 4.78 is 5.53. The van der Waals surface area contributed by atoms with Crippen molar-refractivity contribution in [1.82, 2.24) is 31.5 Å². The van der Waals surface area contributed by atoms with E-state index >= 15 is 0 Å². The first kappa shape index (κ1) is 46.1. The number of phenols is 1. The van der Waals surface area contributed by atoms with Gasteiger partial charge in [0.15, 0.2) is 0 Å². The number of fused-ring (bicyclic) bond motifs is 3. The summed E-state index contributed by atoms with van der Waals surface area (Å²) in [5.41, 5.74) is 10.3. The number of hydrogen-bond acceptors (Lipinski definition) is 9. The number of ether oxygens (including phenoxy) is 1. The predicted octanol–water partition coefficient (Wildman–Crippen LogP) is 2.70.